The maximum absolute atomic E-state index is 15.1. The first-order valence-electron chi connectivity index (χ1n) is 7.84. The van der Waals surface area contributed by atoms with Crippen molar-refractivity contribution in [2.45, 2.75) is 32.4 Å². The van der Waals surface area contributed by atoms with Crippen LogP contribution in [-0.4, -0.2) is 22.7 Å². The number of nitrogens with two attached hydrogens (primary N) is 1. The summed E-state index contributed by atoms with van der Waals surface area (Å²) in [6, 6.07) is 4.99. The van der Waals surface area contributed by atoms with Crippen molar-refractivity contribution in [3.63, 3.8) is 0 Å². The zero-order chi connectivity index (χ0) is 18.6. The number of ketones is 1. The third-order valence-corrected chi connectivity index (χ3v) is 4.25. The van der Waals surface area contributed by atoms with Gasteiger partial charge < -0.3 is 5.73 Å². The molecule has 3 N–H and O–H groups in total. The molecule has 2 rings (SSSR count). The maximum Gasteiger partial charge on any atom is 0.234 e. The molecule has 8 heteroatoms. The number of aromatic nitrogens is 1. The van der Waals surface area contributed by atoms with E-state index < -0.39 is 29.6 Å². The molecule has 0 aliphatic carbocycles. The lowest BCUT2D eigenvalue weighted by Crippen LogP contribution is -2.41. The van der Waals surface area contributed by atoms with Crippen LogP contribution in [0.4, 0.5) is 4.39 Å². The van der Waals surface area contributed by atoms with Gasteiger partial charge >= 0.3 is 0 Å². The highest BCUT2D eigenvalue weighted by atomic mass is 35.5. The van der Waals surface area contributed by atoms with Crippen LogP contribution in [0, 0.1) is 5.82 Å². The molecule has 0 radical (unpaired) electrons. The fourth-order valence-electron chi connectivity index (χ4n) is 2.50. The maximum atomic E-state index is 15.1. The van der Waals surface area contributed by atoms with Crippen LogP contribution >= 0.6 is 24.0 Å². The van der Waals surface area contributed by atoms with Gasteiger partial charge in [0.05, 0.1) is 16.6 Å². The van der Waals surface area contributed by atoms with Crippen LogP contribution in [0.2, 0.25) is 5.02 Å². The largest absolute Gasteiger partial charge is 0.368 e. The molecule has 0 aliphatic heterocycles. The second-order valence-corrected chi connectivity index (χ2v) is 6.06. The van der Waals surface area contributed by atoms with Crippen molar-refractivity contribution in [2.24, 2.45) is 5.73 Å². The number of halogens is 3. The Balaban J connectivity index is 0.00000338. The summed E-state index contributed by atoms with van der Waals surface area (Å²) < 4.78 is 15.1. The lowest BCUT2D eigenvalue weighted by atomic mass is 9.96. The second-order valence-electron chi connectivity index (χ2n) is 5.65. The number of carbonyl (C=O) groups is 2. The predicted octanol–water partition coefficient (Wildman–Crippen LogP) is 3.44. The summed E-state index contributed by atoms with van der Waals surface area (Å²) >= 11 is 6.07. The molecule has 140 valence electrons. The standard InChI is InChI=1S/C18H19ClFN3O2.ClH/c1-3-14(23-10(2)18(21)25)12-6-7-13(19)15(16(12)20)17(24)11-5-4-8-22-9-11;/h4-10,14,23H,3H2,1-2H3,(H2,21,25);1H/t10-,14-;/m1./s1. The van der Waals surface area contributed by atoms with Crippen LogP contribution in [0.5, 0.6) is 0 Å². The minimum Gasteiger partial charge on any atom is -0.368 e. The number of pyridine rings is 1. The van der Waals surface area contributed by atoms with E-state index in [1.807, 2.05) is 6.92 Å². The molecule has 2 atom stereocenters. The van der Waals surface area contributed by atoms with Gasteiger partial charge in [0.25, 0.3) is 0 Å². The monoisotopic (exact) mass is 399 g/mol. The molecule has 26 heavy (non-hydrogen) atoms. The number of rotatable bonds is 7. The zero-order valence-electron chi connectivity index (χ0n) is 14.3. The van der Waals surface area contributed by atoms with Gasteiger partial charge in [0.2, 0.25) is 5.91 Å². The normalized spacial score (nSPS) is 12.8. The minimum atomic E-state index is -0.711. The van der Waals surface area contributed by atoms with Crippen LogP contribution in [-0.2, 0) is 4.79 Å². The number of benzene rings is 1. The molecule has 2 aromatic rings. The van der Waals surface area contributed by atoms with Crippen molar-refractivity contribution in [3.05, 3.63) is 64.2 Å². The van der Waals surface area contributed by atoms with Crippen molar-refractivity contribution in [2.75, 3.05) is 0 Å². The van der Waals surface area contributed by atoms with E-state index in [1.165, 1.54) is 24.5 Å². The van der Waals surface area contributed by atoms with Gasteiger partial charge in [-0.05, 0) is 31.5 Å². The Morgan fingerprint density at radius 3 is 2.58 bits per heavy atom. The molecular weight excluding hydrogens is 380 g/mol. The smallest absolute Gasteiger partial charge is 0.234 e. The number of nitrogens with zero attached hydrogens (tertiary/aromatic N) is 1. The highest BCUT2D eigenvalue weighted by Crippen LogP contribution is 2.29. The van der Waals surface area contributed by atoms with E-state index in [2.05, 4.69) is 10.3 Å². The molecule has 1 amide bonds. The Hall–Kier alpha value is -2.02. The van der Waals surface area contributed by atoms with Gasteiger partial charge in [-0.15, -0.1) is 12.4 Å². The number of amides is 1. The number of carbonyl (C=O) groups excluding carboxylic acids is 2. The number of hydrogen-bond acceptors (Lipinski definition) is 4. The molecule has 5 nitrogen and oxygen atoms in total. The Morgan fingerprint density at radius 1 is 1.35 bits per heavy atom. The quantitative estimate of drug-likeness (QED) is 0.698. The van der Waals surface area contributed by atoms with Gasteiger partial charge in [-0.2, -0.15) is 0 Å². The van der Waals surface area contributed by atoms with E-state index in [-0.39, 0.29) is 34.1 Å². The molecule has 0 unspecified atom stereocenters. The van der Waals surface area contributed by atoms with Gasteiger partial charge in [0, 0.05) is 29.6 Å². The first-order chi connectivity index (χ1) is 11.9. The molecule has 1 aromatic carbocycles. The minimum absolute atomic E-state index is 0. The van der Waals surface area contributed by atoms with E-state index in [4.69, 9.17) is 17.3 Å². The topological polar surface area (TPSA) is 85.1 Å². The SMILES string of the molecule is CC[C@@H](N[C@H](C)C(N)=O)c1ccc(Cl)c(C(=O)c2cccnc2)c1F.Cl. The Bertz CT molecular complexity index is 788. The number of hydrogen-bond donors (Lipinski definition) is 2. The van der Waals surface area contributed by atoms with Crippen molar-refractivity contribution in [1.29, 1.82) is 0 Å². The number of nitrogens with one attached hydrogen (secondary N) is 1. The lowest BCUT2D eigenvalue weighted by molar-refractivity contribution is -0.119. The van der Waals surface area contributed by atoms with E-state index in [9.17, 15) is 9.59 Å². The van der Waals surface area contributed by atoms with Gasteiger partial charge in [-0.25, -0.2) is 4.39 Å². The Morgan fingerprint density at radius 2 is 2.04 bits per heavy atom. The average Bonchev–Trinajstić information content (AvgIpc) is 2.60. The summed E-state index contributed by atoms with van der Waals surface area (Å²) in [7, 11) is 0. The second kappa shape index (κ2) is 9.62. The van der Waals surface area contributed by atoms with Gasteiger partial charge in [-0.1, -0.05) is 24.6 Å². The first kappa shape index (κ1) is 22.0. The summed E-state index contributed by atoms with van der Waals surface area (Å²) in [5.41, 5.74) is 5.55. The van der Waals surface area contributed by atoms with Crippen LogP contribution < -0.4 is 11.1 Å². The zero-order valence-corrected chi connectivity index (χ0v) is 15.9. The highest BCUT2D eigenvalue weighted by Gasteiger charge is 2.25. The van der Waals surface area contributed by atoms with E-state index in [1.54, 1.807) is 19.1 Å². The molecule has 0 spiro atoms. The Kier molecular flexibility index (Phi) is 8.14. The summed E-state index contributed by atoms with van der Waals surface area (Å²) in [4.78, 5) is 27.8. The predicted molar refractivity (Wildman–Crippen MR) is 101 cm³/mol. The van der Waals surface area contributed by atoms with Crippen molar-refractivity contribution in [1.82, 2.24) is 10.3 Å². The lowest BCUT2D eigenvalue weighted by Gasteiger charge is -2.22. The van der Waals surface area contributed by atoms with Crippen LogP contribution in [0.25, 0.3) is 0 Å². The molecule has 0 saturated carbocycles. The van der Waals surface area contributed by atoms with Crippen LogP contribution in [0.15, 0.2) is 36.7 Å². The summed E-state index contributed by atoms with van der Waals surface area (Å²) in [5, 5.41) is 2.99. The van der Waals surface area contributed by atoms with Crippen LogP contribution in [0.1, 0.15) is 47.8 Å². The molecule has 0 aliphatic rings. The molecule has 0 fully saturated rings. The molecule has 0 bridgehead atoms. The summed E-state index contributed by atoms with van der Waals surface area (Å²) in [6.45, 7) is 3.43. The van der Waals surface area contributed by atoms with E-state index in [0.29, 0.717) is 6.42 Å². The van der Waals surface area contributed by atoms with Gasteiger partial charge in [0.15, 0.2) is 5.78 Å². The average molecular weight is 400 g/mol. The van der Waals surface area contributed by atoms with Crippen molar-refractivity contribution >= 4 is 35.7 Å². The van der Waals surface area contributed by atoms with Crippen molar-refractivity contribution in [3.8, 4) is 0 Å². The molecule has 1 heterocycles. The molecular formula is C18H20Cl2FN3O2. The Labute approximate surface area is 162 Å². The van der Waals surface area contributed by atoms with Crippen molar-refractivity contribution < 1.29 is 14.0 Å². The fourth-order valence-corrected chi connectivity index (χ4v) is 2.73. The third kappa shape index (κ3) is 4.78. The fraction of sp³-hybridized carbons (Fsp3) is 0.278. The summed E-state index contributed by atoms with van der Waals surface area (Å²) in [5.74, 6) is -1.80. The van der Waals surface area contributed by atoms with Crippen LogP contribution in [0.3, 0.4) is 0 Å². The number of primary amides is 1. The molecule has 0 saturated heterocycles. The van der Waals surface area contributed by atoms with Gasteiger partial charge in [0.1, 0.15) is 5.82 Å². The van der Waals surface area contributed by atoms with Gasteiger partial charge in [-0.3, -0.25) is 19.9 Å². The molecule has 1 aromatic heterocycles. The highest BCUT2D eigenvalue weighted by molar-refractivity contribution is 6.35. The third-order valence-electron chi connectivity index (χ3n) is 3.93. The first-order valence-corrected chi connectivity index (χ1v) is 8.22. The van der Waals surface area contributed by atoms with E-state index in [0.717, 1.165) is 0 Å². The summed E-state index contributed by atoms with van der Waals surface area (Å²) in [6.07, 6.45) is 3.37. The van der Waals surface area contributed by atoms with E-state index >= 15 is 4.39 Å².